The van der Waals surface area contributed by atoms with Crippen LogP contribution in [0.25, 0.3) is 0 Å². The van der Waals surface area contributed by atoms with Gasteiger partial charge in [0.1, 0.15) is 6.61 Å². The summed E-state index contributed by atoms with van der Waals surface area (Å²) >= 11 is 12.0. The van der Waals surface area contributed by atoms with Gasteiger partial charge in [0.25, 0.3) is 11.8 Å². The molecule has 1 saturated heterocycles. The summed E-state index contributed by atoms with van der Waals surface area (Å²) in [6.45, 7) is -0.132. The number of carbonyl (C=O) groups is 3. The number of nitrogens with zero attached hydrogens (tertiary/aromatic N) is 1. The highest BCUT2D eigenvalue weighted by atomic mass is 35.5. The van der Waals surface area contributed by atoms with Crippen LogP contribution in [0.1, 0.15) is 39.7 Å². The Labute approximate surface area is 205 Å². The van der Waals surface area contributed by atoms with Crippen molar-refractivity contribution >= 4 is 41.1 Å². The van der Waals surface area contributed by atoms with E-state index in [-0.39, 0.29) is 18.4 Å². The largest absolute Gasteiger partial charge is 0.443 e. The number of hydrogen-bond donors (Lipinski definition) is 1. The van der Waals surface area contributed by atoms with Crippen LogP contribution in [0.2, 0.25) is 10.0 Å². The van der Waals surface area contributed by atoms with Gasteiger partial charge in [-0.15, -0.1) is 0 Å². The normalized spacial score (nSPS) is 23.9. The van der Waals surface area contributed by atoms with Gasteiger partial charge < -0.3 is 4.74 Å². The van der Waals surface area contributed by atoms with Gasteiger partial charge in [-0.25, -0.2) is 10.2 Å². The molecule has 2 unspecified atom stereocenters. The lowest BCUT2D eigenvalue weighted by molar-refractivity contribution is -0.143. The number of carbonyl (C=O) groups excluding carboxylic acids is 3. The average molecular weight is 493 g/mol. The second-order valence-corrected chi connectivity index (χ2v) is 9.54. The van der Waals surface area contributed by atoms with Crippen LogP contribution in [0, 0.1) is 11.8 Å². The highest BCUT2D eigenvalue weighted by Gasteiger charge is 2.62. The van der Waals surface area contributed by atoms with Crippen LogP contribution in [0.15, 0.2) is 66.7 Å². The molecule has 3 aromatic rings. The van der Waals surface area contributed by atoms with E-state index in [2.05, 4.69) is 5.43 Å². The first-order valence-electron chi connectivity index (χ1n) is 10.9. The third-order valence-electron chi connectivity index (χ3n) is 7.03. The molecule has 8 heteroatoms. The number of ether oxygens (including phenoxy) is 1. The monoisotopic (exact) mass is 492 g/mol. The second-order valence-electron chi connectivity index (χ2n) is 8.70. The number of nitrogens with one attached hydrogen (secondary N) is 1. The molecule has 3 aromatic carbocycles. The molecule has 1 N–H and O–H groups in total. The zero-order valence-electron chi connectivity index (χ0n) is 17.7. The zero-order chi connectivity index (χ0) is 23.6. The topological polar surface area (TPSA) is 75.7 Å². The summed E-state index contributed by atoms with van der Waals surface area (Å²) in [5.74, 6) is -2.48. The first-order chi connectivity index (χ1) is 16.5. The van der Waals surface area contributed by atoms with E-state index in [4.69, 9.17) is 27.9 Å². The van der Waals surface area contributed by atoms with Crippen molar-refractivity contribution in [3.05, 3.63) is 105 Å². The molecule has 6 nitrogen and oxygen atoms in total. The Morgan fingerprint density at radius 2 is 1.32 bits per heavy atom. The Hall–Kier alpha value is -3.35. The molecule has 4 aliphatic rings. The van der Waals surface area contributed by atoms with E-state index in [1.54, 1.807) is 18.2 Å². The number of benzene rings is 3. The minimum Gasteiger partial charge on any atom is -0.443 e. The van der Waals surface area contributed by atoms with Crippen molar-refractivity contribution in [3.8, 4) is 0 Å². The van der Waals surface area contributed by atoms with Crippen molar-refractivity contribution in [3.63, 3.8) is 0 Å². The second kappa shape index (κ2) is 7.86. The lowest BCUT2D eigenvalue weighted by atomic mass is 9.55. The van der Waals surface area contributed by atoms with E-state index in [9.17, 15) is 14.4 Å². The van der Waals surface area contributed by atoms with E-state index in [1.165, 1.54) is 0 Å². The van der Waals surface area contributed by atoms with Crippen molar-refractivity contribution in [2.24, 2.45) is 11.8 Å². The summed E-state index contributed by atoms with van der Waals surface area (Å²) in [6.07, 6.45) is -0.909. The van der Waals surface area contributed by atoms with Crippen LogP contribution in [0.4, 0.5) is 4.79 Å². The maximum Gasteiger partial charge on any atom is 0.426 e. The zero-order valence-corrected chi connectivity index (χ0v) is 19.2. The fraction of sp³-hybridized carbons (Fsp3) is 0.192. The van der Waals surface area contributed by atoms with E-state index >= 15 is 0 Å². The molecule has 0 radical (unpaired) electrons. The molecule has 1 fully saturated rings. The lowest BCUT2D eigenvalue weighted by Crippen LogP contribution is -2.47. The molecular weight excluding hydrogens is 475 g/mol. The van der Waals surface area contributed by atoms with E-state index in [0.717, 1.165) is 27.3 Å². The Morgan fingerprint density at radius 1 is 0.824 bits per heavy atom. The summed E-state index contributed by atoms with van der Waals surface area (Å²) in [5, 5.41) is 1.65. The highest BCUT2D eigenvalue weighted by molar-refractivity contribution is 6.35. The maximum atomic E-state index is 13.5. The predicted molar refractivity (Wildman–Crippen MR) is 125 cm³/mol. The van der Waals surface area contributed by atoms with Gasteiger partial charge in [-0.2, -0.15) is 5.01 Å². The fourth-order valence-electron chi connectivity index (χ4n) is 5.69. The molecule has 2 bridgehead atoms. The van der Waals surface area contributed by atoms with Gasteiger partial charge in [-0.05, 0) is 34.4 Å². The fourth-order valence-corrected chi connectivity index (χ4v) is 6.16. The molecule has 3 amide bonds. The van der Waals surface area contributed by atoms with Crippen LogP contribution in [-0.4, -0.2) is 22.9 Å². The third-order valence-corrected chi connectivity index (χ3v) is 7.61. The standard InChI is InChI=1S/C26H18Cl2N2O4/c27-14-10-9-13(19(28)11-14)12-34-26(33)29-30-24(31)22-20-15-5-1-2-6-16(15)21(23(22)25(30)32)18-8-4-3-7-17(18)20/h1-11,20-23H,12H2,(H,29,33). The van der Waals surface area contributed by atoms with Crippen LogP contribution in [0.3, 0.4) is 0 Å². The van der Waals surface area contributed by atoms with Crippen LogP contribution >= 0.6 is 23.2 Å². The molecule has 0 spiro atoms. The third kappa shape index (κ3) is 3.06. The Morgan fingerprint density at radius 3 is 1.79 bits per heavy atom. The molecule has 170 valence electrons. The molecule has 2 atom stereocenters. The molecule has 0 saturated carbocycles. The molecular formula is C26H18Cl2N2O4. The first-order valence-corrected chi connectivity index (χ1v) is 11.6. The van der Waals surface area contributed by atoms with Gasteiger partial charge in [0.15, 0.2) is 0 Å². The number of hydrazine groups is 1. The predicted octanol–water partition coefficient (Wildman–Crippen LogP) is 5.03. The summed E-state index contributed by atoms with van der Waals surface area (Å²) in [5.41, 5.74) is 7.18. The minimum absolute atomic E-state index is 0.132. The van der Waals surface area contributed by atoms with Gasteiger partial charge in [-0.3, -0.25) is 9.59 Å². The Kier molecular flexibility index (Phi) is 4.90. The molecule has 0 aromatic heterocycles. The smallest absolute Gasteiger partial charge is 0.426 e. The molecule has 1 heterocycles. The Bertz CT molecular complexity index is 1260. The van der Waals surface area contributed by atoms with E-state index in [1.807, 2.05) is 48.5 Å². The molecule has 7 rings (SSSR count). The number of amides is 3. The number of imide groups is 1. The van der Waals surface area contributed by atoms with Gasteiger partial charge in [0, 0.05) is 27.4 Å². The maximum absolute atomic E-state index is 13.5. The van der Waals surface area contributed by atoms with Crippen LogP contribution < -0.4 is 5.43 Å². The van der Waals surface area contributed by atoms with Gasteiger partial charge >= 0.3 is 6.09 Å². The average Bonchev–Trinajstić information content (AvgIpc) is 3.09. The summed E-state index contributed by atoms with van der Waals surface area (Å²) in [7, 11) is 0. The van der Waals surface area contributed by atoms with Gasteiger partial charge in [-0.1, -0.05) is 77.8 Å². The van der Waals surface area contributed by atoms with E-state index in [0.29, 0.717) is 15.6 Å². The highest BCUT2D eigenvalue weighted by Crippen LogP contribution is 2.60. The summed E-state index contributed by atoms with van der Waals surface area (Å²) in [4.78, 5) is 39.4. The summed E-state index contributed by atoms with van der Waals surface area (Å²) in [6, 6.07) is 20.7. The van der Waals surface area contributed by atoms with Crippen molar-refractivity contribution < 1.29 is 19.1 Å². The quantitative estimate of drug-likeness (QED) is 0.520. The van der Waals surface area contributed by atoms with E-state index < -0.39 is 29.7 Å². The van der Waals surface area contributed by atoms with Crippen molar-refractivity contribution in [1.29, 1.82) is 0 Å². The van der Waals surface area contributed by atoms with Crippen molar-refractivity contribution in [2.75, 3.05) is 0 Å². The van der Waals surface area contributed by atoms with Crippen LogP contribution in [0.5, 0.6) is 0 Å². The number of hydrogen-bond acceptors (Lipinski definition) is 4. The van der Waals surface area contributed by atoms with Gasteiger partial charge in [0.2, 0.25) is 0 Å². The lowest BCUT2D eigenvalue weighted by Gasteiger charge is -2.45. The molecule has 1 aliphatic heterocycles. The Balaban J connectivity index is 1.27. The number of rotatable bonds is 3. The summed E-state index contributed by atoms with van der Waals surface area (Å²) < 4.78 is 5.23. The van der Waals surface area contributed by atoms with Crippen molar-refractivity contribution in [1.82, 2.24) is 10.4 Å². The molecule has 3 aliphatic carbocycles. The van der Waals surface area contributed by atoms with Crippen molar-refractivity contribution in [2.45, 2.75) is 18.4 Å². The molecule has 34 heavy (non-hydrogen) atoms. The first kappa shape index (κ1) is 21.2. The number of halogens is 2. The SMILES string of the molecule is O=C(NN1C(=O)C2C3c4ccccc4C(c4ccccc43)C2C1=O)OCc1ccc(Cl)cc1Cl. The minimum atomic E-state index is -0.909. The van der Waals surface area contributed by atoms with Gasteiger partial charge in [0.05, 0.1) is 11.8 Å². The van der Waals surface area contributed by atoms with Crippen LogP contribution in [-0.2, 0) is 20.9 Å².